The summed E-state index contributed by atoms with van der Waals surface area (Å²) in [6, 6.07) is 6.43. The van der Waals surface area contributed by atoms with Crippen LogP contribution in [0.4, 0.5) is 0 Å². The van der Waals surface area contributed by atoms with Crippen molar-refractivity contribution in [2.75, 3.05) is 7.11 Å². The van der Waals surface area contributed by atoms with Gasteiger partial charge in [0.2, 0.25) is 0 Å². The molecule has 6 heteroatoms. The van der Waals surface area contributed by atoms with Crippen molar-refractivity contribution < 1.29 is 13.5 Å². The third-order valence-corrected chi connectivity index (χ3v) is 2.69. The molecular formula is C8H14N2O3S. The molecule has 0 aliphatic rings. The van der Waals surface area contributed by atoms with Crippen LogP contribution in [0.15, 0.2) is 29.2 Å². The highest BCUT2D eigenvalue weighted by Gasteiger charge is 2.09. The van der Waals surface area contributed by atoms with Crippen molar-refractivity contribution >= 4 is 10.0 Å². The van der Waals surface area contributed by atoms with Crippen LogP contribution in [-0.4, -0.2) is 20.6 Å². The van der Waals surface area contributed by atoms with Gasteiger partial charge in [-0.2, -0.15) is 4.83 Å². The lowest BCUT2D eigenvalue weighted by atomic mass is 10.2. The fourth-order valence-corrected chi connectivity index (χ4v) is 1.42. The van der Waals surface area contributed by atoms with Gasteiger partial charge in [0.1, 0.15) is 0 Å². The standard InChI is InChI=1S/C7H10N2O2S.CH4O/c1-6-2-4-7(5-3-6)12(10,11)9-8;1-2/h2-5,9H,8H2,1H3;2H,1H3. The maximum absolute atomic E-state index is 11.1. The van der Waals surface area contributed by atoms with E-state index in [1.165, 1.54) is 12.1 Å². The van der Waals surface area contributed by atoms with Crippen molar-refractivity contribution in [3.05, 3.63) is 29.8 Å². The first-order chi connectivity index (χ1) is 6.56. The van der Waals surface area contributed by atoms with Gasteiger partial charge in [0, 0.05) is 7.11 Å². The van der Waals surface area contributed by atoms with Crippen LogP contribution in [0, 0.1) is 6.92 Å². The van der Waals surface area contributed by atoms with Crippen LogP contribution in [0.3, 0.4) is 0 Å². The zero-order chi connectivity index (χ0) is 11.2. The second-order valence-electron chi connectivity index (χ2n) is 2.43. The zero-order valence-corrected chi connectivity index (χ0v) is 8.88. The number of hydrogen-bond acceptors (Lipinski definition) is 4. The minimum absolute atomic E-state index is 0.176. The van der Waals surface area contributed by atoms with Crippen LogP contribution in [0.25, 0.3) is 0 Å². The molecule has 0 bridgehead atoms. The number of nitrogens with two attached hydrogens (primary N) is 1. The Morgan fingerprint density at radius 1 is 1.21 bits per heavy atom. The van der Waals surface area contributed by atoms with Crippen molar-refractivity contribution in [1.29, 1.82) is 0 Å². The van der Waals surface area contributed by atoms with Gasteiger partial charge in [-0.15, -0.1) is 0 Å². The Bertz CT molecular complexity index is 359. The Morgan fingerprint density at radius 3 is 2.00 bits per heavy atom. The van der Waals surface area contributed by atoms with E-state index in [-0.39, 0.29) is 4.90 Å². The first kappa shape index (κ1) is 13.1. The third-order valence-electron chi connectivity index (χ3n) is 1.49. The molecule has 0 spiro atoms. The number of rotatable bonds is 2. The van der Waals surface area contributed by atoms with Crippen LogP contribution >= 0.6 is 0 Å². The number of sulfonamides is 1. The van der Waals surface area contributed by atoms with E-state index in [1.54, 1.807) is 17.0 Å². The van der Waals surface area contributed by atoms with Gasteiger partial charge in [-0.3, -0.25) is 5.84 Å². The second-order valence-corrected chi connectivity index (χ2v) is 4.15. The highest BCUT2D eigenvalue weighted by atomic mass is 32.2. The van der Waals surface area contributed by atoms with E-state index < -0.39 is 10.0 Å². The van der Waals surface area contributed by atoms with Crippen LogP contribution in [0.5, 0.6) is 0 Å². The Hall–Kier alpha value is -0.950. The van der Waals surface area contributed by atoms with Crippen LogP contribution in [0.1, 0.15) is 5.56 Å². The molecule has 0 saturated carbocycles. The maximum Gasteiger partial charge on any atom is 0.253 e. The number of hydrogen-bond donors (Lipinski definition) is 3. The topological polar surface area (TPSA) is 92.4 Å². The van der Waals surface area contributed by atoms with Crippen molar-refractivity contribution in [2.24, 2.45) is 5.84 Å². The normalized spacial score (nSPS) is 10.3. The molecule has 14 heavy (non-hydrogen) atoms. The molecule has 1 aromatic rings. The van der Waals surface area contributed by atoms with E-state index in [1.807, 2.05) is 6.92 Å². The fraction of sp³-hybridized carbons (Fsp3) is 0.250. The summed E-state index contributed by atoms with van der Waals surface area (Å²) in [7, 11) is -2.49. The van der Waals surface area contributed by atoms with E-state index in [0.717, 1.165) is 12.7 Å². The first-order valence-corrected chi connectivity index (χ1v) is 5.28. The quantitative estimate of drug-likeness (QED) is 0.471. The van der Waals surface area contributed by atoms with Gasteiger partial charge < -0.3 is 5.11 Å². The summed E-state index contributed by atoms with van der Waals surface area (Å²) in [5, 5.41) is 7.00. The zero-order valence-electron chi connectivity index (χ0n) is 8.06. The molecule has 4 N–H and O–H groups in total. The molecule has 80 valence electrons. The van der Waals surface area contributed by atoms with Gasteiger partial charge in [0.15, 0.2) is 0 Å². The van der Waals surface area contributed by atoms with Gasteiger partial charge >= 0.3 is 0 Å². The Kier molecular flexibility index (Phi) is 5.32. The molecule has 0 radical (unpaired) electrons. The lowest BCUT2D eigenvalue weighted by molar-refractivity contribution is 0.399. The Balaban J connectivity index is 0.000000791. The number of hydrazine groups is 1. The predicted molar refractivity (Wildman–Crippen MR) is 53.8 cm³/mol. The molecule has 0 unspecified atom stereocenters. The highest BCUT2D eigenvalue weighted by molar-refractivity contribution is 7.89. The van der Waals surface area contributed by atoms with Gasteiger partial charge in [0.25, 0.3) is 10.0 Å². The van der Waals surface area contributed by atoms with Crippen molar-refractivity contribution in [3.63, 3.8) is 0 Å². The van der Waals surface area contributed by atoms with Crippen molar-refractivity contribution in [2.45, 2.75) is 11.8 Å². The average Bonchev–Trinajstić information content (AvgIpc) is 2.21. The predicted octanol–water partition coefficient (Wildman–Crippen LogP) is -0.244. The van der Waals surface area contributed by atoms with Gasteiger partial charge in [0.05, 0.1) is 4.90 Å². The molecule has 0 aromatic heterocycles. The third kappa shape index (κ3) is 3.43. The number of benzene rings is 1. The molecule has 0 fully saturated rings. The molecule has 0 atom stereocenters. The summed E-state index contributed by atoms with van der Waals surface area (Å²) < 4.78 is 22.2. The molecule has 0 aliphatic carbocycles. The largest absolute Gasteiger partial charge is 0.400 e. The van der Waals surface area contributed by atoms with E-state index in [4.69, 9.17) is 10.9 Å². The minimum atomic E-state index is -3.49. The Morgan fingerprint density at radius 2 is 1.64 bits per heavy atom. The monoisotopic (exact) mass is 218 g/mol. The molecule has 0 amide bonds. The van der Waals surface area contributed by atoms with Crippen molar-refractivity contribution in [1.82, 2.24) is 4.83 Å². The maximum atomic E-state index is 11.1. The van der Waals surface area contributed by atoms with Crippen molar-refractivity contribution in [3.8, 4) is 0 Å². The number of aliphatic hydroxyl groups is 1. The summed E-state index contributed by atoms with van der Waals surface area (Å²) in [5.74, 6) is 4.84. The Labute approximate surface area is 83.6 Å². The summed E-state index contributed by atoms with van der Waals surface area (Å²) in [4.78, 5) is 1.93. The second kappa shape index (κ2) is 5.71. The average molecular weight is 218 g/mol. The number of nitrogens with one attached hydrogen (secondary N) is 1. The summed E-state index contributed by atoms with van der Waals surface area (Å²) >= 11 is 0. The smallest absolute Gasteiger partial charge is 0.253 e. The molecular weight excluding hydrogens is 204 g/mol. The SMILES string of the molecule is CO.Cc1ccc(S(=O)(=O)NN)cc1. The molecule has 0 heterocycles. The van der Waals surface area contributed by atoms with Gasteiger partial charge in [-0.1, -0.05) is 17.7 Å². The highest BCUT2D eigenvalue weighted by Crippen LogP contribution is 2.08. The van der Waals surface area contributed by atoms with Gasteiger partial charge in [-0.25, -0.2) is 8.42 Å². The number of aryl methyl sites for hydroxylation is 1. The molecule has 1 aromatic carbocycles. The fourth-order valence-electron chi connectivity index (χ4n) is 0.785. The molecule has 5 nitrogen and oxygen atoms in total. The lowest BCUT2D eigenvalue weighted by Crippen LogP contribution is -2.30. The van der Waals surface area contributed by atoms with E-state index in [2.05, 4.69) is 0 Å². The summed E-state index contributed by atoms with van der Waals surface area (Å²) in [6.07, 6.45) is 0. The van der Waals surface area contributed by atoms with Crippen LogP contribution in [-0.2, 0) is 10.0 Å². The molecule has 1 rings (SSSR count). The minimum Gasteiger partial charge on any atom is -0.400 e. The van der Waals surface area contributed by atoms with Crippen LogP contribution in [0.2, 0.25) is 0 Å². The van der Waals surface area contributed by atoms with Gasteiger partial charge in [-0.05, 0) is 19.1 Å². The lowest BCUT2D eigenvalue weighted by Gasteiger charge is -2.01. The number of aliphatic hydroxyl groups excluding tert-OH is 1. The van der Waals surface area contributed by atoms with E-state index in [9.17, 15) is 8.42 Å². The first-order valence-electron chi connectivity index (χ1n) is 3.80. The van der Waals surface area contributed by atoms with E-state index in [0.29, 0.717) is 0 Å². The summed E-state index contributed by atoms with van der Waals surface area (Å²) in [6.45, 7) is 1.88. The molecule has 0 aliphatic heterocycles. The van der Waals surface area contributed by atoms with E-state index >= 15 is 0 Å². The summed E-state index contributed by atoms with van der Waals surface area (Å²) in [5.41, 5.74) is 1.01. The molecule has 0 saturated heterocycles. The van der Waals surface area contributed by atoms with Crippen LogP contribution < -0.4 is 10.7 Å².